The van der Waals surface area contributed by atoms with E-state index < -0.39 is 0 Å². The Morgan fingerprint density at radius 2 is 2.00 bits per heavy atom. The van der Waals surface area contributed by atoms with Gasteiger partial charge in [-0.15, -0.1) is 28.6 Å². The van der Waals surface area contributed by atoms with E-state index in [0.29, 0.717) is 0 Å². The van der Waals surface area contributed by atoms with Crippen molar-refractivity contribution in [2.75, 3.05) is 0 Å². The molecule has 0 aliphatic heterocycles. The molecule has 0 fully saturated rings. The van der Waals surface area contributed by atoms with E-state index in [1.807, 2.05) is 18.3 Å². The van der Waals surface area contributed by atoms with Crippen LogP contribution in [0.15, 0.2) is 12.1 Å². The second-order valence-corrected chi connectivity index (χ2v) is 5.03. The van der Waals surface area contributed by atoms with Crippen molar-refractivity contribution in [3.8, 4) is 11.8 Å². The molecule has 0 saturated heterocycles. The maximum absolute atomic E-state index is 3.10. The zero-order chi connectivity index (χ0) is 9.26. The number of hydrogen-bond acceptors (Lipinski definition) is 2. The van der Waals surface area contributed by atoms with Crippen molar-refractivity contribution in [2.45, 2.75) is 20.3 Å². The molecule has 2 rings (SSSR count). The van der Waals surface area contributed by atoms with Crippen LogP contribution in [0.5, 0.6) is 0 Å². The van der Waals surface area contributed by atoms with Gasteiger partial charge in [-0.2, -0.15) is 0 Å². The average molecular weight is 206 g/mol. The first kappa shape index (κ1) is 8.80. The number of rotatable bonds is 1. The fraction of sp³-hybridized carbons (Fsp3) is 0.273. The summed E-state index contributed by atoms with van der Waals surface area (Å²) in [5.41, 5.74) is 0. The van der Waals surface area contributed by atoms with Crippen molar-refractivity contribution in [1.82, 2.24) is 0 Å². The predicted octanol–water partition coefficient (Wildman–Crippen LogP) is 3.90. The largest absolute Gasteiger partial charge is 0.139 e. The van der Waals surface area contributed by atoms with Crippen LogP contribution in [-0.4, -0.2) is 0 Å². The molecule has 0 atom stereocenters. The molecule has 0 saturated carbocycles. The van der Waals surface area contributed by atoms with E-state index in [1.54, 1.807) is 11.3 Å². The molecule has 0 nitrogen and oxygen atoms in total. The molecule has 0 spiro atoms. The molecular formula is C11H10S2. The topological polar surface area (TPSA) is 0 Å². The van der Waals surface area contributed by atoms with E-state index in [-0.39, 0.29) is 0 Å². The summed E-state index contributed by atoms with van der Waals surface area (Å²) >= 11 is 3.68. The fourth-order valence-corrected chi connectivity index (χ4v) is 3.51. The first-order chi connectivity index (χ1) is 6.33. The lowest BCUT2D eigenvalue weighted by molar-refractivity contribution is 1.19. The van der Waals surface area contributed by atoms with E-state index in [4.69, 9.17) is 0 Å². The van der Waals surface area contributed by atoms with Gasteiger partial charge < -0.3 is 0 Å². The molecule has 2 heterocycles. The summed E-state index contributed by atoms with van der Waals surface area (Å²) in [5.74, 6) is 6.02. The van der Waals surface area contributed by atoms with Gasteiger partial charge in [0, 0.05) is 14.3 Å². The molecule has 13 heavy (non-hydrogen) atoms. The van der Waals surface area contributed by atoms with Gasteiger partial charge >= 0.3 is 0 Å². The zero-order valence-corrected chi connectivity index (χ0v) is 9.31. The summed E-state index contributed by atoms with van der Waals surface area (Å²) in [5, 5.41) is 0. The van der Waals surface area contributed by atoms with Crippen LogP contribution in [0.2, 0.25) is 0 Å². The Morgan fingerprint density at radius 1 is 1.23 bits per heavy atom. The van der Waals surface area contributed by atoms with Crippen LogP contribution < -0.4 is 0 Å². The van der Waals surface area contributed by atoms with Crippen LogP contribution in [0.3, 0.4) is 0 Å². The average Bonchev–Trinajstić information content (AvgIpc) is 2.61. The molecule has 0 aliphatic rings. The quantitative estimate of drug-likeness (QED) is 0.621. The van der Waals surface area contributed by atoms with Crippen LogP contribution >= 0.6 is 22.7 Å². The summed E-state index contributed by atoms with van der Waals surface area (Å²) in [6.45, 7) is 4.08. The summed E-state index contributed by atoms with van der Waals surface area (Å²) in [6.07, 6.45) is 1.14. The second-order valence-electron chi connectivity index (χ2n) is 2.78. The van der Waals surface area contributed by atoms with Gasteiger partial charge in [0.25, 0.3) is 0 Å². The molecular weight excluding hydrogens is 196 g/mol. The highest BCUT2D eigenvalue weighted by molar-refractivity contribution is 7.28. The minimum atomic E-state index is 1.14. The van der Waals surface area contributed by atoms with E-state index in [0.717, 1.165) is 6.42 Å². The summed E-state index contributed by atoms with van der Waals surface area (Å²) in [6, 6.07) is 4.48. The molecule has 0 radical (unpaired) electrons. The van der Waals surface area contributed by atoms with Gasteiger partial charge in [0.05, 0.1) is 4.88 Å². The highest BCUT2D eigenvalue weighted by atomic mass is 32.1. The van der Waals surface area contributed by atoms with E-state index in [2.05, 4.69) is 30.9 Å². The third-order valence-electron chi connectivity index (χ3n) is 1.85. The first-order valence-corrected chi connectivity index (χ1v) is 5.91. The normalized spacial score (nSPS) is 10.0. The number of aryl methyl sites for hydroxylation is 1. The third kappa shape index (κ3) is 1.63. The van der Waals surface area contributed by atoms with E-state index in [9.17, 15) is 0 Å². The van der Waals surface area contributed by atoms with Gasteiger partial charge in [-0.3, -0.25) is 0 Å². The summed E-state index contributed by atoms with van der Waals surface area (Å²) in [7, 11) is 0. The van der Waals surface area contributed by atoms with Crippen LogP contribution in [0.4, 0.5) is 0 Å². The van der Waals surface area contributed by atoms with Gasteiger partial charge in [0.1, 0.15) is 0 Å². The Labute approximate surface area is 86.2 Å². The third-order valence-corrected chi connectivity index (χ3v) is 4.21. The fourth-order valence-electron chi connectivity index (χ4n) is 1.24. The van der Waals surface area contributed by atoms with Crippen molar-refractivity contribution >= 4 is 32.1 Å². The van der Waals surface area contributed by atoms with Crippen LogP contribution in [0, 0.1) is 11.8 Å². The van der Waals surface area contributed by atoms with Crippen molar-refractivity contribution in [3.05, 3.63) is 21.9 Å². The summed E-state index contributed by atoms with van der Waals surface area (Å²) in [4.78, 5) is 2.66. The van der Waals surface area contributed by atoms with Crippen molar-refractivity contribution in [1.29, 1.82) is 0 Å². The maximum Gasteiger partial charge on any atom is 0.0789 e. The SMILES string of the molecule is CC#Cc1cc2sc(CC)cc2s1. The first-order valence-electron chi connectivity index (χ1n) is 4.28. The summed E-state index contributed by atoms with van der Waals surface area (Å²) < 4.78 is 2.78. The van der Waals surface area contributed by atoms with Gasteiger partial charge in [0.2, 0.25) is 0 Å². The molecule has 0 unspecified atom stereocenters. The van der Waals surface area contributed by atoms with Gasteiger partial charge in [0.15, 0.2) is 0 Å². The Bertz CT molecular complexity index is 445. The molecule has 2 aromatic rings. The zero-order valence-electron chi connectivity index (χ0n) is 7.68. The monoisotopic (exact) mass is 206 g/mol. The molecule has 0 aromatic carbocycles. The lowest BCUT2D eigenvalue weighted by Crippen LogP contribution is -1.64. The maximum atomic E-state index is 3.10. The lowest BCUT2D eigenvalue weighted by atomic mass is 10.4. The van der Waals surface area contributed by atoms with Gasteiger partial charge in [-0.05, 0) is 25.5 Å². The Kier molecular flexibility index (Phi) is 2.39. The van der Waals surface area contributed by atoms with Crippen LogP contribution in [-0.2, 0) is 6.42 Å². The number of hydrogen-bond donors (Lipinski definition) is 0. The minimum Gasteiger partial charge on any atom is -0.139 e. The highest BCUT2D eigenvalue weighted by Gasteiger charge is 2.03. The van der Waals surface area contributed by atoms with Crippen molar-refractivity contribution < 1.29 is 0 Å². The van der Waals surface area contributed by atoms with Gasteiger partial charge in [-0.25, -0.2) is 0 Å². The minimum absolute atomic E-state index is 1.14. The Hall–Kier alpha value is -0.780. The van der Waals surface area contributed by atoms with Crippen molar-refractivity contribution in [2.24, 2.45) is 0 Å². The molecule has 2 heteroatoms. The highest BCUT2D eigenvalue weighted by Crippen LogP contribution is 2.32. The number of fused-ring (bicyclic) bond motifs is 1. The Morgan fingerprint density at radius 3 is 2.62 bits per heavy atom. The Balaban J connectivity index is 2.52. The van der Waals surface area contributed by atoms with Crippen LogP contribution in [0.25, 0.3) is 9.40 Å². The molecule has 0 N–H and O–H groups in total. The smallest absolute Gasteiger partial charge is 0.0789 e. The van der Waals surface area contributed by atoms with Gasteiger partial charge in [-0.1, -0.05) is 12.8 Å². The van der Waals surface area contributed by atoms with Crippen LogP contribution in [0.1, 0.15) is 23.6 Å². The predicted molar refractivity (Wildman–Crippen MR) is 61.6 cm³/mol. The molecule has 0 bridgehead atoms. The second kappa shape index (κ2) is 3.53. The number of thiophene rings is 2. The van der Waals surface area contributed by atoms with Crippen molar-refractivity contribution in [3.63, 3.8) is 0 Å². The lowest BCUT2D eigenvalue weighted by Gasteiger charge is -1.82. The van der Waals surface area contributed by atoms with E-state index >= 15 is 0 Å². The molecule has 2 aromatic heterocycles. The molecule has 0 amide bonds. The van der Waals surface area contributed by atoms with E-state index in [1.165, 1.54) is 19.2 Å². The standard InChI is InChI=1S/C11H10S2/c1-3-5-9-7-11-10(13-9)6-8(4-2)12-11/h6-7H,4H2,1-2H3. The molecule has 0 aliphatic carbocycles. The molecule has 66 valence electrons.